The van der Waals surface area contributed by atoms with Gasteiger partial charge in [0.05, 0.1) is 27.7 Å². The Morgan fingerprint density at radius 2 is 0.540 bits per heavy atom. The first-order chi connectivity index (χ1) is 49.0. The third kappa shape index (κ3) is 80.8. The Labute approximate surface area is 613 Å². The number of carbonyl (C=O) groups is 2. The third-order valence-electron chi connectivity index (χ3n) is 15.4. The number of rotatable bonds is 68. The summed E-state index contributed by atoms with van der Waals surface area (Å²) in [6, 6.07) is 0. The molecule has 0 aliphatic carbocycles. The summed E-state index contributed by atoms with van der Waals surface area (Å²) in [4.78, 5) is 38.2. The number of likely N-dealkylation sites (N-methyl/N-ethyl adjacent to an activating group) is 1. The first kappa shape index (κ1) is 93.8. The maximum atomic E-state index is 12.9. The van der Waals surface area contributed by atoms with Crippen LogP contribution in [-0.2, 0) is 32.7 Å². The number of phosphoric ester groups is 1. The Morgan fingerprint density at radius 3 is 0.800 bits per heavy atom. The normalized spacial score (nSPS) is 14.4. The highest BCUT2D eigenvalue weighted by Gasteiger charge is 2.22. The summed E-state index contributed by atoms with van der Waals surface area (Å²) < 4.78 is 34.3. The summed E-state index contributed by atoms with van der Waals surface area (Å²) in [5.41, 5.74) is 0. The summed E-state index contributed by atoms with van der Waals surface area (Å²) >= 11 is 0. The van der Waals surface area contributed by atoms with Gasteiger partial charge in [-0.15, -0.1) is 0 Å². The molecule has 0 spiro atoms. The molecular weight excluding hydrogens is 1250 g/mol. The third-order valence-corrected chi connectivity index (χ3v) is 16.3. The maximum Gasteiger partial charge on any atom is 0.306 e. The van der Waals surface area contributed by atoms with Crippen LogP contribution in [0.2, 0.25) is 0 Å². The van der Waals surface area contributed by atoms with E-state index in [9.17, 15) is 19.0 Å². The zero-order valence-corrected chi connectivity index (χ0v) is 64.4. The van der Waals surface area contributed by atoms with Crippen molar-refractivity contribution in [3.63, 3.8) is 0 Å². The van der Waals surface area contributed by atoms with Crippen molar-refractivity contribution < 1.29 is 42.1 Å². The summed E-state index contributed by atoms with van der Waals surface area (Å²) in [5.74, 6) is -0.885. The van der Waals surface area contributed by atoms with E-state index in [0.29, 0.717) is 23.9 Å². The van der Waals surface area contributed by atoms with Crippen LogP contribution in [0.5, 0.6) is 0 Å². The molecule has 100 heavy (non-hydrogen) atoms. The molecule has 0 aromatic heterocycles. The average molecular weight is 1400 g/mol. The van der Waals surface area contributed by atoms with Gasteiger partial charge in [0.15, 0.2) is 6.10 Å². The smallest absolute Gasteiger partial charge is 0.306 e. The van der Waals surface area contributed by atoms with Gasteiger partial charge < -0.3 is 27.9 Å². The number of phosphoric acid groups is 1. The standard InChI is InChI=1S/C90H140NO8P/c1-6-8-10-12-14-16-18-20-22-24-26-28-30-32-34-36-38-40-42-43-44-45-46-47-49-51-53-55-57-59-61-63-65-67-69-71-73-75-77-79-81-83-90(93)99-88(87-98-100(94,95)97-85-84-91(3,4)5)86-96-89(92)82-80-78-76-74-72-70-68-66-64-62-60-58-56-54-52-50-48-41-39-37-35-33-31-29-27-25-23-21-19-17-15-13-11-9-7-2/h8-11,14-17,20-23,26-29,32-35,38-41,43-44,46-47,50-53,56-59,63,65,69,71,88H,6-7,12-13,18-19,24-25,30-31,36-37,42,45,48-49,54-55,60-62,64,66-68,70,72-87H2,1-5H3/b10-8-,11-9-,16-14-,17-15-,22-20-,23-21-,28-26-,29-27-,34-32-,35-33-,40-38-,41-39-,44-43-,47-46-,52-50-,53-51-,58-56-,59-57-,65-63-,71-69-. The van der Waals surface area contributed by atoms with E-state index in [-0.39, 0.29) is 26.1 Å². The van der Waals surface area contributed by atoms with Gasteiger partial charge in [0.1, 0.15) is 19.8 Å². The second-order valence-electron chi connectivity index (χ2n) is 25.9. The van der Waals surface area contributed by atoms with Gasteiger partial charge in [-0.25, -0.2) is 0 Å². The summed E-state index contributed by atoms with van der Waals surface area (Å²) in [6.07, 6.45) is 125. The molecule has 10 heteroatoms. The molecule has 0 heterocycles. The van der Waals surface area contributed by atoms with Crippen molar-refractivity contribution in [3.05, 3.63) is 243 Å². The van der Waals surface area contributed by atoms with Gasteiger partial charge in [0.2, 0.25) is 0 Å². The Balaban J connectivity index is 4.18. The SMILES string of the molecule is CC/C=C\C/C=C\C/C=C\C/C=C\C/C=C\C/C=C\C/C=C\C/C=C\C/C=C\C/C=C\C/C=C\C/C=C\CCCCCCC(=O)OC(COC(=O)CCCCCCCCCCCC/C=C\C/C=C\C/C=C\C/C=C\C/C=C\C/C=C\C/C=C\C/C=C\CC)COP(=O)([O-])OCC[N+](C)(C)C. The van der Waals surface area contributed by atoms with Gasteiger partial charge in [-0.05, 0) is 167 Å². The van der Waals surface area contributed by atoms with Gasteiger partial charge >= 0.3 is 11.9 Å². The number of carbonyl (C=O) groups excluding carboxylic acids is 2. The van der Waals surface area contributed by atoms with E-state index in [0.717, 1.165) is 180 Å². The quantitative estimate of drug-likeness (QED) is 0.0195. The summed E-state index contributed by atoms with van der Waals surface area (Å²) in [7, 11) is 1.11. The molecule has 0 aliphatic rings. The zero-order chi connectivity index (χ0) is 72.5. The molecule has 0 aliphatic heterocycles. The molecule has 0 saturated carbocycles. The van der Waals surface area contributed by atoms with Gasteiger partial charge in [-0.2, -0.15) is 0 Å². The van der Waals surface area contributed by atoms with Crippen LogP contribution in [0.1, 0.15) is 258 Å². The van der Waals surface area contributed by atoms with Crippen LogP contribution in [0.4, 0.5) is 0 Å². The summed E-state index contributed by atoms with van der Waals surface area (Å²) in [5, 5.41) is 0. The number of esters is 2. The van der Waals surface area contributed by atoms with Crippen molar-refractivity contribution in [1.29, 1.82) is 0 Å². The van der Waals surface area contributed by atoms with Gasteiger partial charge in [-0.1, -0.05) is 321 Å². The summed E-state index contributed by atoms with van der Waals surface area (Å²) in [6.45, 7) is 3.95. The number of nitrogens with zero attached hydrogens (tertiary/aromatic N) is 1. The van der Waals surface area contributed by atoms with Gasteiger partial charge in [-0.3, -0.25) is 14.2 Å². The molecule has 9 nitrogen and oxygen atoms in total. The molecule has 2 unspecified atom stereocenters. The monoisotopic (exact) mass is 1390 g/mol. The van der Waals surface area contributed by atoms with Crippen LogP contribution in [0, 0.1) is 0 Å². The predicted molar refractivity (Wildman–Crippen MR) is 433 cm³/mol. The lowest BCUT2D eigenvalue weighted by atomic mass is 10.1. The molecule has 0 aromatic carbocycles. The lowest BCUT2D eigenvalue weighted by Crippen LogP contribution is -2.37. The van der Waals surface area contributed by atoms with Crippen LogP contribution < -0.4 is 4.89 Å². The number of allylic oxidation sites excluding steroid dienone is 40. The van der Waals surface area contributed by atoms with E-state index in [1.807, 2.05) is 21.1 Å². The van der Waals surface area contributed by atoms with E-state index in [4.69, 9.17) is 18.5 Å². The molecule has 2 atom stereocenters. The minimum absolute atomic E-state index is 0.0501. The van der Waals surface area contributed by atoms with Crippen LogP contribution in [0.15, 0.2) is 243 Å². The Morgan fingerprint density at radius 1 is 0.310 bits per heavy atom. The van der Waals surface area contributed by atoms with Crippen molar-refractivity contribution in [2.24, 2.45) is 0 Å². The van der Waals surface area contributed by atoms with E-state index in [1.54, 1.807) is 0 Å². The van der Waals surface area contributed by atoms with E-state index < -0.39 is 32.5 Å². The molecule has 558 valence electrons. The molecule has 0 rings (SSSR count). The first-order valence-electron chi connectivity index (χ1n) is 38.7. The van der Waals surface area contributed by atoms with Crippen LogP contribution in [-0.4, -0.2) is 70.0 Å². The number of ether oxygens (including phenoxy) is 2. The Kier molecular flexibility index (Phi) is 72.2. The molecule has 0 N–H and O–H groups in total. The van der Waals surface area contributed by atoms with Crippen LogP contribution >= 0.6 is 7.82 Å². The van der Waals surface area contributed by atoms with E-state index >= 15 is 0 Å². The number of hydrogen-bond acceptors (Lipinski definition) is 8. The first-order valence-corrected chi connectivity index (χ1v) is 40.2. The van der Waals surface area contributed by atoms with E-state index in [2.05, 4.69) is 257 Å². The van der Waals surface area contributed by atoms with Crippen LogP contribution in [0.25, 0.3) is 0 Å². The fourth-order valence-electron chi connectivity index (χ4n) is 9.54. The molecule has 0 saturated heterocycles. The van der Waals surface area contributed by atoms with Crippen LogP contribution in [0.3, 0.4) is 0 Å². The zero-order valence-electron chi connectivity index (χ0n) is 63.5. The molecule has 0 radical (unpaired) electrons. The van der Waals surface area contributed by atoms with Gasteiger partial charge in [0, 0.05) is 12.8 Å². The van der Waals surface area contributed by atoms with Gasteiger partial charge in [0.25, 0.3) is 7.82 Å². The maximum absolute atomic E-state index is 12.9. The molecule has 0 amide bonds. The average Bonchev–Trinajstić information content (AvgIpc) is 1.30. The highest BCUT2D eigenvalue weighted by Crippen LogP contribution is 2.38. The second-order valence-corrected chi connectivity index (χ2v) is 27.3. The molecule has 0 bridgehead atoms. The minimum atomic E-state index is -4.67. The highest BCUT2D eigenvalue weighted by atomic mass is 31.2. The number of unbranched alkanes of at least 4 members (excludes halogenated alkanes) is 14. The molecule has 0 fully saturated rings. The Hall–Kier alpha value is -6.19. The minimum Gasteiger partial charge on any atom is -0.756 e. The van der Waals surface area contributed by atoms with Crippen molar-refractivity contribution in [2.45, 2.75) is 264 Å². The van der Waals surface area contributed by atoms with Crippen molar-refractivity contribution in [2.75, 3.05) is 47.5 Å². The largest absolute Gasteiger partial charge is 0.756 e. The number of quaternary nitrogens is 1. The Bertz CT molecular complexity index is 2600. The fourth-order valence-corrected chi connectivity index (χ4v) is 10.3. The second kappa shape index (κ2) is 77.0. The molecular formula is C90H140NO8P. The lowest BCUT2D eigenvalue weighted by molar-refractivity contribution is -0.870. The topological polar surface area (TPSA) is 111 Å². The van der Waals surface area contributed by atoms with Crippen molar-refractivity contribution in [3.8, 4) is 0 Å². The number of hydrogen-bond donors (Lipinski definition) is 0. The lowest BCUT2D eigenvalue weighted by Gasteiger charge is -2.28. The molecule has 0 aromatic rings. The highest BCUT2D eigenvalue weighted by molar-refractivity contribution is 7.45. The fraction of sp³-hybridized carbons (Fsp3) is 0.533. The van der Waals surface area contributed by atoms with Crippen molar-refractivity contribution in [1.82, 2.24) is 0 Å². The van der Waals surface area contributed by atoms with Crippen molar-refractivity contribution >= 4 is 19.8 Å². The van der Waals surface area contributed by atoms with E-state index in [1.165, 1.54) is 38.5 Å². The predicted octanol–water partition coefficient (Wildman–Crippen LogP) is 25.6.